The van der Waals surface area contributed by atoms with E-state index in [1.165, 1.54) is 5.56 Å². The molecule has 1 atom stereocenters. The molecule has 1 unspecified atom stereocenters. The molecule has 0 saturated carbocycles. The van der Waals surface area contributed by atoms with Gasteiger partial charge in [-0.2, -0.15) is 0 Å². The molecule has 0 spiro atoms. The molecule has 2 aliphatic heterocycles. The number of likely N-dealkylation sites (tertiary alicyclic amines) is 1. The van der Waals surface area contributed by atoms with Crippen molar-refractivity contribution in [3.8, 4) is 0 Å². The molecule has 2 aliphatic rings. The Hall–Kier alpha value is -1.59. The number of anilines is 1. The third kappa shape index (κ3) is 4.82. The number of nitrogens with one attached hydrogen (secondary N) is 1. The third-order valence-corrected chi connectivity index (χ3v) is 5.95. The van der Waals surface area contributed by atoms with Crippen molar-refractivity contribution in [1.82, 2.24) is 10.2 Å². The summed E-state index contributed by atoms with van der Waals surface area (Å²) in [5.41, 5.74) is 3.25. The van der Waals surface area contributed by atoms with E-state index in [9.17, 15) is 9.59 Å². The smallest absolute Gasteiger partial charge is 0.228 e. The lowest BCUT2D eigenvalue weighted by molar-refractivity contribution is -0.137. The standard InChI is InChI=1S/C21H31N3O2.ClH/c1-4-22-13-17-8-10-23(11-9-17)21(26)18-12-20(25)24(14-18)19-7-5-6-15(2)16(19)3;/h5-7,17-18,22H,4,8-14H2,1-3H3;1H. The quantitative estimate of drug-likeness (QED) is 0.836. The number of carbonyl (C=O) groups is 2. The Morgan fingerprint density at radius 2 is 1.93 bits per heavy atom. The monoisotopic (exact) mass is 393 g/mol. The summed E-state index contributed by atoms with van der Waals surface area (Å²) in [4.78, 5) is 29.3. The highest BCUT2D eigenvalue weighted by molar-refractivity contribution is 6.00. The van der Waals surface area contributed by atoms with Crippen molar-refractivity contribution in [2.45, 2.75) is 40.0 Å². The van der Waals surface area contributed by atoms with Gasteiger partial charge in [-0.3, -0.25) is 9.59 Å². The number of nitrogens with zero attached hydrogens (tertiary/aromatic N) is 2. The van der Waals surface area contributed by atoms with Crippen LogP contribution in [0.15, 0.2) is 18.2 Å². The van der Waals surface area contributed by atoms with E-state index in [0.717, 1.165) is 50.3 Å². The molecule has 1 aromatic carbocycles. The topological polar surface area (TPSA) is 52.7 Å². The van der Waals surface area contributed by atoms with Gasteiger partial charge >= 0.3 is 0 Å². The molecule has 150 valence electrons. The predicted octanol–water partition coefficient (Wildman–Crippen LogP) is 2.93. The Balaban J connectivity index is 0.00000261. The number of rotatable bonds is 5. The molecular weight excluding hydrogens is 362 g/mol. The SMILES string of the molecule is CCNCC1CCN(C(=O)C2CC(=O)N(c3cccc(C)c3C)C2)CC1.Cl. The average molecular weight is 394 g/mol. The maximum absolute atomic E-state index is 12.9. The molecule has 2 fully saturated rings. The zero-order chi connectivity index (χ0) is 18.7. The number of benzene rings is 1. The Morgan fingerprint density at radius 1 is 1.22 bits per heavy atom. The molecule has 0 aliphatic carbocycles. The van der Waals surface area contributed by atoms with Crippen molar-refractivity contribution in [2.75, 3.05) is 37.6 Å². The maximum Gasteiger partial charge on any atom is 0.228 e. The largest absolute Gasteiger partial charge is 0.342 e. The van der Waals surface area contributed by atoms with E-state index >= 15 is 0 Å². The molecule has 2 heterocycles. The first-order valence-corrected chi connectivity index (χ1v) is 9.87. The number of hydrogen-bond acceptors (Lipinski definition) is 3. The number of aryl methyl sites for hydroxylation is 1. The highest BCUT2D eigenvalue weighted by Crippen LogP contribution is 2.31. The fraction of sp³-hybridized carbons (Fsp3) is 0.619. The van der Waals surface area contributed by atoms with E-state index in [-0.39, 0.29) is 30.1 Å². The molecular formula is C21H32ClN3O2. The van der Waals surface area contributed by atoms with E-state index < -0.39 is 0 Å². The molecule has 0 aromatic heterocycles. The van der Waals surface area contributed by atoms with Crippen LogP contribution in [0.3, 0.4) is 0 Å². The normalized spacial score (nSPS) is 20.7. The summed E-state index contributed by atoms with van der Waals surface area (Å²) in [7, 11) is 0. The molecule has 2 saturated heterocycles. The van der Waals surface area contributed by atoms with E-state index in [1.807, 2.05) is 28.9 Å². The van der Waals surface area contributed by atoms with E-state index in [2.05, 4.69) is 25.2 Å². The van der Waals surface area contributed by atoms with Gasteiger partial charge in [-0.25, -0.2) is 0 Å². The van der Waals surface area contributed by atoms with Crippen LogP contribution in [0.1, 0.15) is 37.3 Å². The van der Waals surface area contributed by atoms with Gasteiger partial charge in [0.1, 0.15) is 0 Å². The van der Waals surface area contributed by atoms with Crippen LogP contribution in [0.25, 0.3) is 0 Å². The van der Waals surface area contributed by atoms with Gasteiger partial charge in [0.2, 0.25) is 11.8 Å². The minimum absolute atomic E-state index is 0. The fourth-order valence-electron chi connectivity index (χ4n) is 4.10. The Morgan fingerprint density at radius 3 is 2.59 bits per heavy atom. The van der Waals surface area contributed by atoms with Crippen LogP contribution in [-0.4, -0.2) is 49.4 Å². The van der Waals surface area contributed by atoms with Crippen molar-refractivity contribution < 1.29 is 9.59 Å². The lowest BCUT2D eigenvalue weighted by atomic mass is 9.95. The van der Waals surface area contributed by atoms with Crippen molar-refractivity contribution >= 4 is 29.9 Å². The summed E-state index contributed by atoms with van der Waals surface area (Å²) in [6.45, 7) is 10.4. The maximum atomic E-state index is 12.9. The summed E-state index contributed by atoms with van der Waals surface area (Å²) in [5, 5.41) is 3.40. The van der Waals surface area contributed by atoms with Gasteiger partial charge in [-0.15, -0.1) is 12.4 Å². The Bertz CT molecular complexity index is 671. The summed E-state index contributed by atoms with van der Waals surface area (Å²) in [6.07, 6.45) is 2.45. The van der Waals surface area contributed by atoms with E-state index in [0.29, 0.717) is 18.9 Å². The van der Waals surface area contributed by atoms with Gasteiger partial charge in [0, 0.05) is 31.7 Å². The van der Waals surface area contributed by atoms with Crippen LogP contribution >= 0.6 is 12.4 Å². The molecule has 0 radical (unpaired) electrons. The van der Waals surface area contributed by atoms with Crippen LogP contribution in [-0.2, 0) is 9.59 Å². The average Bonchev–Trinajstić information content (AvgIpc) is 3.03. The zero-order valence-corrected chi connectivity index (χ0v) is 17.5. The first kappa shape index (κ1) is 21.7. The van der Waals surface area contributed by atoms with Gasteiger partial charge in [-0.05, 0) is 62.9 Å². The fourth-order valence-corrected chi connectivity index (χ4v) is 4.10. The molecule has 6 heteroatoms. The van der Waals surface area contributed by atoms with Crippen LogP contribution in [0, 0.1) is 25.7 Å². The number of hydrogen-bond donors (Lipinski definition) is 1. The van der Waals surface area contributed by atoms with Crippen LogP contribution in [0.2, 0.25) is 0 Å². The minimum Gasteiger partial charge on any atom is -0.342 e. The second-order valence-corrected chi connectivity index (χ2v) is 7.70. The second kappa shape index (κ2) is 9.56. The molecule has 5 nitrogen and oxygen atoms in total. The molecule has 1 aromatic rings. The van der Waals surface area contributed by atoms with Crippen LogP contribution in [0.5, 0.6) is 0 Å². The Kier molecular flexibility index (Phi) is 7.68. The van der Waals surface area contributed by atoms with Crippen molar-refractivity contribution in [2.24, 2.45) is 11.8 Å². The van der Waals surface area contributed by atoms with Crippen molar-refractivity contribution in [1.29, 1.82) is 0 Å². The van der Waals surface area contributed by atoms with Gasteiger partial charge in [0.05, 0.1) is 5.92 Å². The van der Waals surface area contributed by atoms with Gasteiger partial charge in [-0.1, -0.05) is 19.1 Å². The summed E-state index contributed by atoms with van der Waals surface area (Å²) < 4.78 is 0. The number of halogens is 1. The summed E-state index contributed by atoms with van der Waals surface area (Å²) >= 11 is 0. The van der Waals surface area contributed by atoms with E-state index in [1.54, 1.807) is 0 Å². The first-order valence-electron chi connectivity index (χ1n) is 9.87. The molecule has 1 N–H and O–H groups in total. The Labute approximate surface area is 168 Å². The van der Waals surface area contributed by atoms with Gasteiger partial charge < -0.3 is 15.1 Å². The third-order valence-electron chi connectivity index (χ3n) is 5.95. The molecule has 2 amide bonds. The van der Waals surface area contributed by atoms with Crippen LogP contribution in [0.4, 0.5) is 5.69 Å². The summed E-state index contributed by atoms with van der Waals surface area (Å²) in [5.74, 6) is 0.690. The summed E-state index contributed by atoms with van der Waals surface area (Å²) in [6, 6.07) is 6.02. The number of piperidine rings is 1. The molecule has 27 heavy (non-hydrogen) atoms. The minimum atomic E-state index is -0.201. The zero-order valence-electron chi connectivity index (χ0n) is 16.7. The highest BCUT2D eigenvalue weighted by Gasteiger charge is 2.38. The number of amides is 2. The van der Waals surface area contributed by atoms with E-state index in [4.69, 9.17) is 0 Å². The van der Waals surface area contributed by atoms with Crippen LogP contribution < -0.4 is 10.2 Å². The predicted molar refractivity (Wildman–Crippen MR) is 111 cm³/mol. The van der Waals surface area contributed by atoms with Gasteiger partial charge in [0.15, 0.2) is 0 Å². The lowest BCUT2D eigenvalue weighted by Crippen LogP contribution is -2.44. The highest BCUT2D eigenvalue weighted by atomic mass is 35.5. The lowest BCUT2D eigenvalue weighted by Gasteiger charge is -2.33. The molecule has 0 bridgehead atoms. The van der Waals surface area contributed by atoms with Crippen molar-refractivity contribution in [3.63, 3.8) is 0 Å². The molecule has 3 rings (SSSR count). The first-order chi connectivity index (χ1) is 12.5. The van der Waals surface area contributed by atoms with Crippen molar-refractivity contribution in [3.05, 3.63) is 29.3 Å². The van der Waals surface area contributed by atoms with Gasteiger partial charge in [0.25, 0.3) is 0 Å². The number of carbonyl (C=O) groups excluding carboxylic acids is 2. The second-order valence-electron chi connectivity index (χ2n) is 7.70.